The van der Waals surface area contributed by atoms with E-state index in [9.17, 15) is 8.42 Å². The molecule has 0 radical (unpaired) electrons. The maximum atomic E-state index is 11.4. The normalized spacial score (nSPS) is 12.3. The van der Waals surface area contributed by atoms with Crippen molar-refractivity contribution < 1.29 is 8.42 Å². The third-order valence-corrected chi connectivity index (χ3v) is 4.14. The van der Waals surface area contributed by atoms with Crippen molar-refractivity contribution in [3.63, 3.8) is 0 Å². The monoisotopic (exact) mass is 235 g/mol. The van der Waals surface area contributed by atoms with Gasteiger partial charge in [0.05, 0.1) is 5.75 Å². The molecule has 3 nitrogen and oxygen atoms in total. The molecular formula is C11H25NO2S. The van der Waals surface area contributed by atoms with Crippen molar-refractivity contribution in [3.05, 3.63) is 0 Å². The van der Waals surface area contributed by atoms with Crippen LogP contribution in [0.15, 0.2) is 0 Å². The SMILES string of the molecule is CCCS(=O)(=O)CCCCCNC(C)C. The van der Waals surface area contributed by atoms with E-state index >= 15 is 0 Å². The van der Waals surface area contributed by atoms with E-state index in [1.54, 1.807) is 0 Å². The second kappa shape index (κ2) is 8.11. The Morgan fingerprint density at radius 3 is 2.27 bits per heavy atom. The van der Waals surface area contributed by atoms with Gasteiger partial charge in [-0.05, 0) is 25.8 Å². The van der Waals surface area contributed by atoms with Crippen molar-refractivity contribution in [1.29, 1.82) is 0 Å². The molecule has 92 valence electrons. The number of sulfone groups is 1. The zero-order valence-electron chi connectivity index (χ0n) is 10.3. The molecule has 0 aliphatic rings. The highest BCUT2D eigenvalue weighted by Gasteiger charge is 2.07. The summed E-state index contributed by atoms with van der Waals surface area (Å²) in [5, 5.41) is 3.32. The van der Waals surface area contributed by atoms with Crippen LogP contribution in [0.5, 0.6) is 0 Å². The van der Waals surface area contributed by atoms with Crippen molar-refractivity contribution in [2.45, 2.75) is 52.5 Å². The van der Waals surface area contributed by atoms with Crippen LogP contribution in [0.4, 0.5) is 0 Å². The Labute approximate surface area is 94.6 Å². The number of nitrogens with one attached hydrogen (secondary N) is 1. The Hall–Kier alpha value is -0.0900. The van der Waals surface area contributed by atoms with Gasteiger partial charge in [0.15, 0.2) is 0 Å². The molecule has 0 bridgehead atoms. The van der Waals surface area contributed by atoms with Crippen molar-refractivity contribution >= 4 is 9.84 Å². The van der Waals surface area contributed by atoms with E-state index in [1.807, 2.05) is 6.92 Å². The molecule has 0 heterocycles. The molecule has 0 atom stereocenters. The smallest absolute Gasteiger partial charge is 0.150 e. The molecule has 0 saturated heterocycles. The van der Waals surface area contributed by atoms with Crippen LogP contribution >= 0.6 is 0 Å². The molecule has 0 aromatic carbocycles. The number of hydrogen-bond acceptors (Lipinski definition) is 3. The number of hydrogen-bond donors (Lipinski definition) is 1. The fourth-order valence-electron chi connectivity index (χ4n) is 1.43. The maximum Gasteiger partial charge on any atom is 0.150 e. The lowest BCUT2D eigenvalue weighted by molar-refractivity contribution is 0.550. The van der Waals surface area contributed by atoms with Crippen LogP contribution in [0.25, 0.3) is 0 Å². The van der Waals surface area contributed by atoms with Crippen LogP contribution in [0.2, 0.25) is 0 Å². The van der Waals surface area contributed by atoms with Gasteiger partial charge in [0.25, 0.3) is 0 Å². The zero-order chi connectivity index (χ0) is 11.7. The first-order valence-electron chi connectivity index (χ1n) is 5.91. The summed E-state index contributed by atoms with van der Waals surface area (Å²) in [4.78, 5) is 0. The summed E-state index contributed by atoms with van der Waals surface area (Å²) in [5.41, 5.74) is 0. The van der Waals surface area contributed by atoms with Crippen molar-refractivity contribution in [2.75, 3.05) is 18.1 Å². The molecule has 0 amide bonds. The van der Waals surface area contributed by atoms with Gasteiger partial charge in [-0.1, -0.05) is 27.2 Å². The van der Waals surface area contributed by atoms with Crippen LogP contribution in [0, 0.1) is 0 Å². The van der Waals surface area contributed by atoms with Gasteiger partial charge in [-0.3, -0.25) is 0 Å². The standard InChI is InChI=1S/C11H25NO2S/c1-4-9-15(13,14)10-7-5-6-8-12-11(2)3/h11-12H,4-10H2,1-3H3. The topological polar surface area (TPSA) is 46.2 Å². The number of rotatable bonds is 9. The van der Waals surface area contributed by atoms with E-state index in [1.165, 1.54) is 0 Å². The van der Waals surface area contributed by atoms with Crippen LogP contribution in [-0.2, 0) is 9.84 Å². The summed E-state index contributed by atoms with van der Waals surface area (Å²) in [6.45, 7) is 7.13. The molecule has 0 unspecified atom stereocenters. The summed E-state index contributed by atoms with van der Waals surface area (Å²) >= 11 is 0. The Balaban J connectivity index is 3.38. The lowest BCUT2D eigenvalue weighted by Gasteiger charge is -2.07. The molecule has 0 aliphatic carbocycles. The van der Waals surface area contributed by atoms with Gasteiger partial charge in [0.2, 0.25) is 0 Å². The molecule has 0 aliphatic heterocycles. The van der Waals surface area contributed by atoms with E-state index < -0.39 is 9.84 Å². The second-order valence-corrected chi connectivity index (χ2v) is 6.62. The van der Waals surface area contributed by atoms with Gasteiger partial charge in [-0.2, -0.15) is 0 Å². The average molecular weight is 235 g/mol. The molecule has 0 aromatic heterocycles. The molecule has 0 fully saturated rings. The minimum Gasteiger partial charge on any atom is -0.315 e. The zero-order valence-corrected chi connectivity index (χ0v) is 11.1. The summed E-state index contributed by atoms with van der Waals surface area (Å²) < 4.78 is 22.7. The molecule has 4 heteroatoms. The van der Waals surface area contributed by atoms with Gasteiger partial charge < -0.3 is 5.32 Å². The predicted octanol–water partition coefficient (Wildman–Crippen LogP) is 1.98. The molecule has 0 saturated carbocycles. The third kappa shape index (κ3) is 10.2. The first kappa shape index (κ1) is 14.9. The quantitative estimate of drug-likeness (QED) is 0.622. The highest BCUT2D eigenvalue weighted by molar-refractivity contribution is 7.91. The summed E-state index contributed by atoms with van der Waals surface area (Å²) in [6.07, 6.45) is 3.61. The second-order valence-electron chi connectivity index (χ2n) is 4.32. The lowest BCUT2D eigenvalue weighted by atomic mass is 10.2. The highest BCUT2D eigenvalue weighted by Crippen LogP contribution is 2.01. The minimum absolute atomic E-state index is 0.344. The van der Waals surface area contributed by atoms with E-state index in [-0.39, 0.29) is 0 Å². The van der Waals surface area contributed by atoms with E-state index in [0.29, 0.717) is 17.5 Å². The molecule has 0 rings (SSSR count). The van der Waals surface area contributed by atoms with Crippen LogP contribution in [-0.4, -0.2) is 32.5 Å². The van der Waals surface area contributed by atoms with Crippen LogP contribution in [0.3, 0.4) is 0 Å². The van der Waals surface area contributed by atoms with E-state index in [0.717, 1.165) is 32.2 Å². The number of unbranched alkanes of at least 4 members (excludes halogenated alkanes) is 2. The molecule has 15 heavy (non-hydrogen) atoms. The lowest BCUT2D eigenvalue weighted by Crippen LogP contribution is -2.23. The first-order valence-corrected chi connectivity index (χ1v) is 7.74. The van der Waals surface area contributed by atoms with Gasteiger partial charge in [-0.25, -0.2) is 8.42 Å². The van der Waals surface area contributed by atoms with Crippen LogP contribution < -0.4 is 5.32 Å². The predicted molar refractivity (Wildman–Crippen MR) is 65.9 cm³/mol. The first-order chi connectivity index (χ1) is 6.98. The largest absolute Gasteiger partial charge is 0.315 e. The molecule has 0 spiro atoms. The van der Waals surface area contributed by atoms with Crippen molar-refractivity contribution in [3.8, 4) is 0 Å². The van der Waals surface area contributed by atoms with Crippen molar-refractivity contribution in [2.24, 2.45) is 0 Å². The van der Waals surface area contributed by atoms with Gasteiger partial charge in [0.1, 0.15) is 9.84 Å². The Kier molecular flexibility index (Phi) is 8.06. The third-order valence-electron chi connectivity index (χ3n) is 2.20. The minimum atomic E-state index is -2.76. The summed E-state index contributed by atoms with van der Waals surface area (Å²) in [5.74, 6) is 0.708. The summed E-state index contributed by atoms with van der Waals surface area (Å²) in [6, 6.07) is 0.522. The fraction of sp³-hybridized carbons (Fsp3) is 1.00. The highest BCUT2D eigenvalue weighted by atomic mass is 32.2. The van der Waals surface area contributed by atoms with E-state index in [2.05, 4.69) is 19.2 Å². The Morgan fingerprint density at radius 1 is 1.07 bits per heavy atom. The van der Waals surface area contributed by atoms with Gasteiger partial charge in [0, 0.05) is 11.8 Å². The van der Waals surface area contributed by atoms with Gasteiger partial charge >= 0.3 is 0 Å². The van der Waals surface area contributed by atoms with Gasteiger partial charge in [-0.15, -0.1) is 0 Å². The van der Waals surface area contributed by atoms with Crippen molar-refractivity contribution in [1.82, 2.24) is 5.32 Å². The Morgan fingerprint density at radius 2 is 1.73 bits per heavy atom. The van der Waals surface area contributed by atoms with Crippen LogP contribution in [0.1, 0.15) is 46.5 Å². The average Bonchev–Trinajstić information content (AvgIpc) is 2.10. The molecule has 0 aromatic rings. The molecular weight excluding hydrogens is 210 g/mol. The molecule has 1 N–H and O–H groups in total. The maximum absolute atomic E-state index is 11.4. The summed E-state index contributed by atoms with van der Waals surface area (Å²) in [7, 11) is -2.76. The van der Waals surface area contributed by atoms with E-state index in [4.69, 9.17) is 0 Å². The fourth-order valence-corrected chi connectivity index (χ4v) is 2.90. The Bertz CT molecular complexity index is 235.